The van der Waals surface area contributed by atoms with Crippen molar-refractivity contribution in [2.75, 3.05) is 0 Å². The van der Waals surface area contributed by atoms with Crippen LogP contribution in [0.2, 0.25) is 0 Å². The second-order valence-corrected chi connectivity index (χ2v) is 14.7. The van der Waals surface area contributed by atoms with Gasteiger partial charge in [0.1, 0.15) is 0 Å². The third-order valence-electron chi connectivity index (χ3n) is 6.54. The zero-order valence-electron chi connectivity index (χ0n) is 22.6. The van der Waals surface area contributed by atoms with Gasteiger partial charge >= 0.3 is 52.5 Å². The minimum Gasteiger partial charge on any atom is -0.0312 e. The van der Waals surface area contributed by atoms with Crippen LogP contribution in [-0.2, 0) is 19.5 Å². The summed E-state index contributed by atoms with van der Waals surface area (Å²) in [5.74, 6) is 0. The van der Waals surface area contributed by atoms with Gasteiger partial charge in [0.2, 0.25) is 0 Å². The Bertz CT molecular complexity index is 584. The molecule has 0 unspecified atom stereocenters. The van der Waals surface area contributed by atoms with Crippen molar-refractivity contribution in [1.82, 2.24) is 0 Å². The summed E-state index contributed by atoms with van der Waals surface area (Å²) >= 11 is 0. The maximum absolute atomic E-state index is 10.7. The molecule has 0 saturated heterocycles. The van der Waals surface area contributed by atoms with Crippen molar-refractivity contribution in [3.05, 3.63) is 32.1 Å². The first-order valence-corrected chi connectivity index (χ1v) is 16.9. The zero-order valence-corrected chi connectivity index (χ0v) is 26.2. The molecule has 0 atom stereocenters. The molecule has 0 heterocycles. The third-order valence-corrected chi connectivity index (χ3v) is 10.6. The van der Waals surface area contributed by atoms with E-state index in [-0.39, 0.29) is 19.5 Å². The summed E-state index contributed by atoms with van der Waals surface area (Å²) in [5, 5.41) is 14.6. The Morgan fingerprint density at radius 3 is 0.842 bits per heavy atom. The largest absolute Gasteiger partial charge is 2.00 e. The van der Waals surface area contributed by atoms with Crippen LogP contribution < -0.4 is 0 Å². The molecule has 5 radical (unpaired) electrons. The fraction of sp³-hybridized carbons (Fsp3) is 0.741. The minimum absolute atomic E-state index is 0. The van der Waals surface area contributed by atoms with E-state index < -0.39 is 7.81 Å². The fourth-order valence-corrected chi connectivity index (χ4v) is 10.0. The number of nitriles is 2. The third kappa shape index (κ3) is 26.3. The molecular formula is C27H44F6N2P2Ru+. The molecule has 38 heavy (non-hydrogen) atoms. The van der Waals surface area contributed by atoms with Gasteiger partial charge in [-0.3, -0.25) is 0 Å². The molecular weight excluding hydrogens is 629 g/mol. The molecule has 0 spiro atoms. The molecule has 0 aromatic carbocycles. The topological polar surface area (TPSA) is 47.6 Å². The van der Waals surface area contributed by atoms with E-state index in [1.54, 1.807) is 89.2 Å². The summed E-state index contributed by atoms with van der Waals surface area (Å²) in [7, 11) is -10.3. The van der Waals surface area contributed by atoms with Crippen molar-refractivity contribution in [2.45, 2.75) is 127 Å². The van der Waals surface area contributed by atoms with Gasteiger partial charge in [-0.1, -0.05) is 65.7 Å². The number of nitrogens with zero attached hydrogens (tertiary/aromatic N) is 2. The molecule has 4 aliphatic rings. The van der Waals surface area contributed by atoms with Gasteiger partial charge < -0.3 is 0 Å². The summed E-state index contributed by atoms with van der Waals surface area (Å²) < 4.78 is 59.2. The molecule has 4 aliphatic carbocycles. The van der Waals surface area contributed by atoms with Crippen LogP contribution in [0.25, 0.3) is 0 Å². The number of hydrogen-bond acceptors (Lipinski definition) is 2. The predicted octanol–water partition coefficient (Wildman–Crippen LogP) is 11.9. The molecule has 0 aromatic rings. The fourth-order valence-electron chi connectivity index (χ4n) is 5.35. The van der Waals surface area contributed by atoms with Crippen molar-refractivity contribution < 1.29 is 44.7 Å². The van der Waals surface area contributed by atoms with E-state index in [9.17, 15) is 25.2 Å². The van der Waals surface area contributed by atoms with Gasteiger partial charge in [0.25, 0.3) is 0 Å². The first kappa shape index (κ1) is 40.2. The van der Waals surface area contributed by atoms with Crippen LogP contribution in [0, 0.1) is 54.8 Å². The summed E-state index contributed by atoms with van der Waals surface area (Å²) in [6.07, 6.45) is 33.6. The van der Waals surface area contributed by atoms with Gasteiger partial charge in [0.15, 0.2) is 0 Å². The molecule has 0 aromatic heterocycles. The van der Waals surface area contributed by atoms with Gasteiger partial charge in [-0.05, 0) is 87.6 Å². The van der Waals surface area contributed by atoms with Crippen LogP contribution in [0.3, 0.4) is 0 Å². The monoisotopic (exact) mass is 674 g/mol. The molecule has 221 valence electrons. The first-order valence-electron chi connectivity index (χ1n) is 13.4. The van der Waals surface area contributed by atoms with Crippen LogP contribution >= 0.6 is 15.7 Å². The Morgan fingerprint density at radius 2 is 0.684 bits per heavy atom. The van der Waals surface area contributed by atoms with Crippen LogP contribution in [-0.4, -0.2) is 17.0 Å². The second kappa shape index (κ2) is 20.0. The maximum Gasteiger partial charge on any atom is 2.00 e. The minimum atomic E-state index is -10.7. The standard InChI is InChI=1S/C18H33P.C5H5.2C2H3N.F6P.Ru/c1-4-10-16(11-5-1)19(17-12-6-2-7-13-17)18-14-8-3-9-15-18;1-2-4-5-3-1;2*1-2-3;1-7(2,3,4,5)6;/h16-18H,1-15H2;1-5H;2*1H3;;/q;;;;-1;+2. The van der Waals surface area contributed by atoms with Crippen molar-refractivity contribution >= 4 is 15.7 Å². The average molecular weight is 674 g/mol. The van der Waals surface area contributed by atoms with Gasteiger partial charge in [0, 0.05) is 13.8 Å². The first-order chi connectivity index (χ1) is 17.2. The predicted molar refractivity (Wildman–Crippen MR) is 145 cm³/mol. The van der Waals surface area contributed by atoms with E-state index in [0.717, 1.165) is 0 Å². The Hall–Kier alpha value is 0.0434. The van der Waals surface area contributed by atoms with E-state index >= 15 is 0 Å². The second-order valence-electron chi connectivity index (χ2n) is 9.69. The Morgan fingerprint density at radius 1 is 0.526 bits per heavy atom. The average Bonchev–Trinajstić information content (AvgIpc) is 3.41. The normalized spacial score (nSPS) is 22.3. The Kier molecular flexibility index (Phi) is 21.2. The summed E-state index contributed by atoms with van der Waals surface area (Å²) in [6.45, 7) is 2.86. The molecule has 4 fully saturated rings. The zero-order chi connectivity index (χ0) is 28.3. The van der Waals surface area contributed by atoms with Crippen molar-refractivity contribution in [1.29, 1.82) is 10.5 Å². The van der Waals surface area contributed by atoms with E-state index in [1.807, 2.05) is 32.1 Å². The Balaban J connectivity index is 0. The molecule has 0 aliphatic heterocycles. The SMILES string of the molecule is C1CCC(P(C2CCCCC2)C2CCCCC2)CC1.CC#N.CC#N.F[P-](F)(F)(F)(F)F.[CH]1[CH][CH][CH][CH]1.[Ru+2]. The number of hydrogen-bond donors (Lipinski definition) is 0. The molecule has 2 nitrogen and oxygen atoms in total. The van der Waals surface area contributed by atoms with Crippen molar-refractivity contribution in [3.8, 4) is 12.1 Å². The van der Waals surface area contributed by atoms with Crippen LogP contribution in [0.1, 0.15) is 110 Å². The Labute approximate surface area is 241 Å². The van der Waals surface area contributed by atoms with E-state index in [2.05, 4.69) is 0 Å². The van der Waals surface area contributed by atoms with E-state index in [0.29, 0.717) is 7.92 Å². The molecule has 4 saturated carbocycles. The van der Waals surface area contributed by atoms with Gasteiger partial charge in [0.05, 0.1) is 12.1 Å². The quantitative estimate of drug-likeness (QED) is 0.170. The van der Waals surface area contributed by atoms with Crippen molar-refractivity contribution in [2.24, 2.45) is 0 Å². The number of rotatable bonds is 3. The molecule has 11 heteroatoms. The van der Waals surface area contributed by atoms with E-state index in [4.69, 9.17) is 10.5 Å². The van der Waals surface area contributed by atoms with Gasteiger partial charge in [-0.15, -0.1) is 0 Å². The van der Waals surface area contributed by atoms with E-state index in [1.165, 1.54) is 50.1 Å². The van der Waals surface area contributed by atoms with Crippen LogP contribution in [0.15, 0.2) is 0 Å². The smallest absolute Gasteiger partial charge is 0.0312 e. The summed E-state index contributed by atoms with van der Waals surface area (Å²) in [4.78, 5) is 0. The van der Waals surface area contributed by atoms with Gasteiger partial charge in [-0.2, -0.15) is 10.5 Å². The van der Waals surface area contributed by atoms with Crippen LogP contribution in [0.5, 0.6) is 0 Å². The number of halogens is 6. The van der Waals surface area contributed by atoms with Crippen molar-refractivity contribution in [3.63, 3.8) is 0 Å². The molecule has 0 N–H and O–H groups in total. The molecule has 0 amide bonds. The summed E-state index contributed by atoms with van der Waals surface area (Å²) in [5.41, 5.74) is 3.57. The molecule has 4 rings (SSSR count). The van der Waals surface area contributed by atoms with Gasteiger partial charge in [-0.25, -0.2) is 0 Å². The maximum atomic E-state index is 9.87. The summed E-state index contributed by atoms with van der Waals surface area (Å²) in [6, 6.07) is 3.50. The van der Waals surface area contributed by atoms with Crippen LogP contribution in [0.4, 0.5) is 25.2 Å². The molecule has 0 bridgehead atoms.